The Kier molecular flexibility index (Phi) is 4.29. The van der Waals surface area contributed by atoms with Gasteiger partial charge in [0.05, 0.1) is 0 Å². The Hall–Kier alpha value is -2.08. The van der Waals surface area contributed by atoms with Crippen LogP contribution in [0.2, 0.25) is 0 Å². The minimum absolute atomic E-state index is 0.0530. The summed E-state index contributed by atoms with van der Waals surface area (Å²) in [6, 6.07) is 8.94. The molecule has 1 N–H and O–H groups in total. The van der Waals surface area contributed by atoms with Crippen molar-refractivity contribution in [1.82, 2.24) is 0 Å². The molecule has 1 aromatic carbocycles. The van der Waals surface area contributed by atoms with Gasteiger partial charge in [0.2, 0.25) is 5.76 Å². The van der Waals surface area contributed by atoms with Gasteiger partial charge in [0.25, 0.3) is 5.91 Å². The van der Waals surface area contributed by atoms with Gasteiger partial charge < -0.3 is 14.5 Å². The third kappa shape index (κ3) is 3.39. The molecule has 1 amide bonds. The van der Waals surface area contributed by atoms with Crippen molar-refractivity contribution in [3.8, 4) is 0 Å². The molecule has 22 heavy (non-hydrogen) atoms. The van der Waals surface area contributed by atoms with E-state index in [9.17, 15) is 9.59 Å². The van der Waals surface area contributed by atoms with Gasteiger partial charge in [-0.05, 0) is 70.6 Å². The van der Waals surface area contributed by atoms with E-state index >= 15 is 0 Å². The van der Waals surface area contributed by atoms with E-state index in [0.29, 0.717) is 4.67 Å². The smallest absolute Gasteiger partial charge is 0.374 e. The number of hydrogen-bond donors (Lipinski definition) is 1. The molecule has 0 radical (unpaired) electrons. The van der Waals surface area contributed by atoms with Gasteiger partial charge in [-0.3, -0.25) is 4.79 Å². The highest BCUT2D eigenvalue weighted by molar-refractivity contribution is 9.10. The number of carbonyl (C=O) groups is 2. The predicted octanol–water partition coefficient (Wildman–Crippen LogP) is 3.33. The standard InChI is InChI=1S/C16H14BrNO4/c17-14-7-6-13(22-14)16(20)21-9-15(19)18-12-5-4-10-2-1-3-11(10)8-12/h4-8H,1-3,9H2,(H,18,19). The fourth-order valence-electron chi connectivity index (χ4n) is 2.47. The van der Waals surface area contributed by atoms with Gasteiger partial charge in [-0.2, -0.15) is 0 Å². The van der Waals surface area contributed by atoms with Gasteiger partial charge in [0, 0.05) is 5.69 Å². The van der Waals surface area contributed by atoms with Crippen LogP contribution in [-0.2, 0) is 22.4 Å². The summed E-state index contributed by atoms with van der Waals surface area (Å²) in [6.07, 6.45) is 3.30. The predicted molar refractivity (Wildman–Crippen MR) is 83.8 cm³/mol. The summed E-state index contributed by atoms with van der Waals surface area (Å²) in [4.78, 5) is 23.5. The number of furan rings is 1. The number of hydrogen-bond acceptors (Lipinski definition) is 4. The number of aryl methyl sites for hydroxylation is 2. The number of carbonyl (C=O) groups excluding carboxylic acids is 2. The van der Waals surface area contributed by atoms with Gasteiger partial charge in [-0.15, -0.1) is 0 Å². The van der Waals surface area contributed by atoms with Crippen molar-refractivity contribution in [2.75, 3.05) is 11.9 Å². The molecule has 0 bridgehead atoms. The molecule has 1 aliphatic carbocycles. The number of benzene rings is 1. The number of amides is 1. The van der Waals surface area contributed by atoms with E-state index in [0.717, 1.165) is 24.9 Å². The molecule has 0 fully saturated rings. The van der Waals surface area contributed by atoms with Crippen LogP contribution in [0.4, 0.5) is 5.69 Å². The Morgan fingerprint density at radius 1 is 1.18 bits per heavy atom. The van der Waals surface area contributed by atoms with Crippen LogP contribution in [0.1, 0.15) is 28.1 Å². The first-order valence-electron chi connectivity index (χ1n) is 6.96. The average Bonchev–Trinajstić information content (AvgIpc) is 3.13. The van der Waals surface area contributed by atoms with Crippen LogP contribution in [0, 0.1) is 0 Å². The number of anilines is 1. The van der Waals surface area contributed by atoms with Crippen molar-refractivity contribution in [3.05, 3.63) is 51.9 Å². The second-order valence-electron chi connectivity index (χ2n) is 5.07. The highest BCUT2D eigenvalue weighted by atomic mass is 79.9. The van der Waals surface area contributed by atoms with Crippen molar-refractivity contribution in [1.29, 1.82) is 0 Å². The van der Waals surface area contributed by atoms with Crippen LogP contribution in [0.15, 0.2) is 39.4 Å². The van der Waals surface area contributed by atoms with Crippen LogP contribution in [0.3, 0.4) is 0 Å². The molecule has 0 spiro atoms. The maximum absolute atomic E-state index is 11.8. The molecule has 1 heterocycles. The third-order valence-electron chi connectivity index (χ3n) is 3.49. The van der Waals surface area contributed by atoms with Gasteiger partial charge in [0.15, 0.2) is 11.3 Å². The molecule has 2 aromatic rings. The largest absolute Gasteiger partial charge is 0.450 e. The molecular weight excluding hydrogens is 350 g/mol. The second-order valence-corrected chi connectivity index (χ2v) is 5.85. The summed E-state index contributed by atoms with van der Waals surface area (Å²) in [5, 5.41) is 2.73. The molecule has 3 rings (SSSR count). The summed E-state index contributed by atoms with van der Waals surface area (Å²) < 4.78 is 10.4. The Balaban J connectivity index is 1.53. The van der Waals surface area contributed by atoms with Crippen LogP contribution in [0.5, 0.6) is 0 Å². The lowest BCUT2D eigenvalue weighted by Crippen LogP contribution is -2.20. The Labute approximate surface area is 135 Å². The maximum atomic E-state index is 11.8. The van der Waals surface area contributed by atoms with E-state index in [1.54, 1.807) is 6.07 Å². The van der Waals surface area contributed by atoms with Gasteiger partial charge in [-0.25, -0.2) is 4.79 Å². The van der Waals surface area contributed by atoms with Crippen molar-refractivity contribution < 1.29 is 18.7 Å². The molecule has 1 aliphatic rings. The summed E-state index contributed by atoms with van der Waals surface area (Å²) in [7, 11) is 0. The molecule has 0 atom stereocenters. The monoisotopic (exact) mass is 363 g/mol. The molecule has 0 saturated carbocycles. The van der Waals surface area contributed by atoms with E-state index < -0.39 is 5.97 Å². The van der Waals surface area contributed by atoms with Crippen molar-refractivity contribution in [2.45, 2.75) is 19.3 Å². The summed E-state index contributed by atoms with van der Waals surface area (Å²) in [5.74, 6) is -0.996. The molecule has 0 unspecified atom stereocenters. The Morgan fingerprint density at radius 2 is 2.00 bits per heavy atom. The molecule has 1 aromatic heterocycles. The van der Waals surface area contributed by atoms with E-state index in [-0.39, 0.29) is 18.3 Å². The van der Waals surface area contributed by atoms with Crippen molar-refractivity contribution in [2.24, 2.45) is 0 Å². The second kappa shape index (κ2) is 6.36. The molecule has 0 saturated heterocycles. The number of fused-ring (bicyclic) bond motifs is 1. The lowest BCUT2D eigenvalue weighted by Gasteiger charge is -2.07. The van der Waals surface area contributed by atoms with E-state index in [4.69, 9.17) is 9.15 Å². The molecule has 5 nitrogen and oxygen atoms in total. The number of halogens is 1. The topological polar surface area (TPSA) is 68.5 Å². The van der Waals surface area contributed by atoms with Gasteiger partial charge in [-0.1, -0.05) is 6.07 Å². The summed E-state index contributed by atoms with van der Waals surface area (Å²) >= 11 is 3.10. The zero-order valence-electron chi connectivity index (χ0n) is 11.7. The minimum atomic E-state index is -0.671. The molecule has 0 aliphatic heterocycles. The summed E-state index contributed by atoms with van der Waals surface area (Å²) in [6.45, 7) is -0.353. The van der Waals surface area contributed by atoms with Crippen molar-refractivity contribution in [3.63, 3.8) is 0 Å². The van der Waals surface area contributed by atoms with E-state index in [2.05, 4.69) is 21.2 Å². The van der Waals surface area contributed by atoms with Crippen LogP contribution >= 0.6 is 15.9 Å². The maximum Gasteiger partial charge on any atom is 0.374 e. The Morgan fingerprint density at radius 3 is 2.77 bits per heavy atom. The highest BCUT2D eigenvalue weighted by Crippen LogP contribution is 2.24. The first-order valence-corrected chi connectivity index (χ1v) is 7.75. The SMILES string of the molecule is O=C(COC(=O)c1ccc(Br)o1)Nc1ccc2c(c1)CCC2. The van der Waals surface area contributed by atoms with Crippen molar-refractivity contribution >= 4 is 33.5 Å². The van der Waals surface area contributed by atoms with Crippen LogP contribution in [-0.4, -0.2) is 18.5 Å². The third-order valence-corrected chi connectivity index (χ3v) is 3.92. The fraction of sp³-hybridized carbons (Fsp3) is 0.250. The summed E-state index contributed by atoms with van der Waals surface area (Å²) in [5.41, 5.74) is 3.34. The quantitative estimate of drug-likeness (QED) is 0.845. The average molecular weight is 364 g/mol. The lowest BCUT2D eigenvalue weighted by molar-refractivity contribution is -0.119. The first kappa shape index (κ1) is 14.8. The molecule has 114 valence electrons. The number of ether oxygens (including phenoxy) is 1. The van der Waals surface area contributed by atoms with Gasteiger partial charge in [0.1, 0.15) is 0 Å². The lowest BCUT2D eigenvalue weighted by atomic mass is 10.1. The Bertz CT molecular complexity index is 723. The zero-order chi connectivity index (χ0) is 15.5. The van der Waals surface area contributed by atoms with E-state index in [1.165, 1.54) is 17.2 Å². The molecular formula is C16H14BrNO4. The highest BCUT2D eigenvalue weighted by Gasteiger charge is 2.15. The zero-order valence-corrected chi connectivity index (χ0v) is 13.3. The number of esters is 1. The number of nitrogens with one attached hydrogen (secondary N) is 1. The first-order chi connectivity index (χ1) is 10.6. The number of rotatable bonds is 4. The normalized spacial score (nSPS) is 12.8. The van der Waals surface area contributed by atoms with Crippen LogP contribution < -0.4 is 5.32 Å². The molecule has 6 heteroatoms. The van der Waals surface area contributed by atoms with E-state index in [1.807, 2.05) is 18.2 Å². The minimum Gasteiger partial charge on any atom is -0.450 e. The van der Waals surface area contributed by atoms with Crippen LogP contribution in [0.25, 0.3) is 0 Å². The fourth-order valence-corrected chi connectivity index (χ4v) is 2.78. The van der Waals surface area contributed by atoms with Gasteiger partial charge >= 0.3 is 5.97 Å².